The van der Waals surface area contributed by atoms with Crippen LogP contribution in [-0.4, -0.2) is 65.3 Å². The first kappa shape index (κ1) is 17.7. The largest absolute Gasteiger partial charge is 0.480 e. The van der Waals surface area contributed by atoms with Gasteiger partial charge in [0.15, 0.2) is 0 Å². The van der Waals surface area contributed by atoms with Crippen molar-refractivity contribution in [2.45, 2.75) is 33.1 Å². The van der Waals surface area contributed by atoms with E-state index in [1.807, 2.05) is 13.8 Å². The summed E-state index contributed by atoms with van der Waals surface area (Å²) in [6, 6.07) is -0.250. The quantitative estimate of drug-likeness (QED) is 0.620. The van der Waals surface area contributed by atoms with Gasteiger partial charge in [0, 0.05) is 26.7 Å². The molecule has 0 heterocycles. The van der Waals surface area contributed by atoms with Crippen molar-refractivity contribution in [1.29, 1.82) is 0 Å². The molecule has 0 atom stereocenters. The molecule has 0 spiro atoms. The van der Waals surface area contributed by atoms with E-state index >= 15 is 0 Å². The number of urea groups is 1. The highest BCUT2D eigenvalue weighted by Gasteiger charge is 2.20. The lowest BCUT2D eigenvalue weighted by Gasteiger charge is -2.28. The maximum Gasteiger partial charge on any atom is 0.323 e. The fraction of sp³-hybridized carbons (Fsp3) is 0.846. The summed E-state index contributed by atoms with van der Waals surface area (Å²) in [6.45, 7) is 4.81. The summed E-state index contributed by atoms with van der Waals surface area (Å²) in [5, 5.41) is 17.5. The van der Waals surface area contributed by atoms with E-state index in [2.05, 4.69) is 0 Å². The lowest BCUT2D eigenvalue weighted by molar-refractivity contribution is -0.137. The molecule has 0 rings (SSSR count). The van der Waals surface area contributed by atoms with Crippen molar-refractivity contribution in [2.75, 3.05) is 33.3 Å². The van der Waals surface area contributed by atoms with Crippen LogP contribution < -0.4 is 0 Å². The van der Waals surface area contributed by atoms with Crippen LogP contribution in [-0.2, 0) is 4.79 Å². The Kier molecular flexibility index (Phi) is 8.95. The number of nitrogens with zero attached hydrogens (tertiary/aromatic N) is 2. The van der Waals surface area contributed by atoms with Gasteiger partial charge < -0.3 is 20.0 Å². The van der Waals surface area contributed by atoms with Crippen molar-refractivity contribution < 1.29 is 19.8 Å². The van der Waals surface area contributed by atoms with E-state index in [1.54, 1.807) is 11.9 Å². The Labute approximate surface area is 115 Å². The van der Waals surface area contributed by atoms with E-state index in [9.17, 15) is 9.59 Å². The summed E-state index contributed by atoms with van der Waals surface area (Å²) in [5.74, 6) is -0.770. The molecule has 2 amide bonds. The maximum absolute atomic E-state index is 12.1. The first-order valence-corrected chi connectivity index (χ1v) is 6.71. The summed E-state index contributed by atoms with van der Waals surface area (Å²) >= 11 is 0. The molecule has 0 aliphatic rings. The van der Waals surface area contributed by atoms with Gasteiger partial charge in [-0.3, -0.25) is 4.79 Å². The summed E-state index contributed by atoms with van der Waals surface area (Å²) in [5.41, 5.74) is 0. The molecule has 0 bridgehead atoms. The third kappa shape index (κ3) is 8.42. The van der Waals surface area contributed by atoms with E-state index < -0.39 is 5.97 Å². The van der Waals surface area contributed by atoms with Crippen LogP contribution in [0.4, 0.5) is 4.79 Å². The Morgan fingerprint density at radius 1 is 1.16 bits per heavy atom. The van der Waals surface area contributed by atoms with Crippen molar-refractivity contribution in [3.63, 3.8) is 0 Å². The Hall–Kier alpha value is -1.30. The fourth-order valence-corrected chi connectivity index (χ4v) is 1.79. The van der Waals surface area contributed by atoms with E-state index in [-0.39, 0.29) is 25.1 Å². The first-order valence-electron chi connectivity index (χ1n) is 6.71. The van der Waals surface area contributed by atoms with Crippen LogP contribution in [0.3, 0.4) is 0 Å². The highest BCUT2D eigenvalue weighted by molar-refractivity contribution is 5.80. The normalized spacial score (nSPS) is 10.6. The van der Waals surface area contributed by atoms with Gasteiger partial charge in [0.05, 0.1) is 0 Å². The molecule has 0 saturated heterocycles. The topological polar surface area (TPSA) is 81.1 Å². The second kappa shape index (κ2) is 9.61. The molecule has 6 nitrogen and oxygen atoms in total. The lowest BCUT2D eigenvalue weighted by atomic mass is 10.2. The number of aliphatic hydroxyl groups excluding tert-OH is 1. The molecule has 2 N–H and O–H groups in total. The molecule has 0 aliphatic heterocycles. The third-order valence-electron chi connectivity index (χ3n) is 2.66. The molecule has 0 aliphatic carbocycles. The molecular formula is C13H26N2O4. The first-order chi connectivity index (χ1) is 8.88. The Bertz CT molecular complexity index is 282. The Balaban J connectivity index is 4.30. The summed E-state index contributed by atoms with van der Waals surface area (Å²) < 4.78 is 0. The number of hydrogen-bond acceptors (Lipinski definition) is 3. The number of unbranched alkanes of at least 4 members (excludes halogenated alkanes) is 2. The van der Waals surface area contributed by atoms with E-state index in [4.69, 9.17) is 10.2 Å². The predicted octanol–water partition coefficient (Wildman–Crippen LogP) is 1.24. The number of rotatable bonds is 9. The van der Waals surface area contributed by atoms with Crippen LogP contribution in [0.25, 0.3) is 0 Å². The number of carbonyl (C=O) groups is 2. The minimum absolute atomic E-state index is 0.163. The fourth-order valence-electron chi connectivity index (χ4n) is 1.79. The van der Waals surface area contributed by atoms with Gasteiger partial charge in [-0.15, -0.1) is 0 Å². The number of amides is 2. The smallest absolute Gasteiger partial charge is 0.323 e. The Morgan fingerprint density at radius 2 is 1.79 bits per heavy atom. The molecule has 0 aromatic carbocycles. The van der Waals surface area contributed by atoms with Gasteiger partial charge >= 0.3 is 12.0 Å². The van der Waals surface area contributed by atoms with Crippen molar-refractivity contribution in [3.8, 4) is 0 Å². The molecular weight excluding hydrogens is 248 g/mol. The zero-order chi connectivity index (χ0) is 14.8. The van der Waals surface area contributed by atoms with Crippen LogP contribution in [0.5, 0.6) is 0 Å². The number of carbonyl (C=O) groups excluding carboxylic acids is 1. The van der Waals surface area contributed by atoms with Crippen LogP contribution in [0.2, 0.25) is 0 Å². The third-order valence-corrected chi connectivity index (χ3v) is 2.66. The highest BCUT2D eigenvalue weighted by atomic mass is 16.4. The van der Waals surface area contributed by atoms with Crippen LogP contribution in [0.1, 0.15) is 33.1 Å². The highest BCUT2D eigenvalue weighted by Crippen LogP contribution is 2.05. The average molecular weight is 274 g/mol. The van der Waals surface area contributed by atoms with Crippen molar-refractivity contribution in [2.24, 2.45) is 5.92 Å². The second-order valence-electron chi connectivity index (χ2n) is 5.16. The molecule has 0 aromatic heterocycles. The summed E-state index contributed by atoms with van der Waals surface area (Å²) in [4.78, 5) is 25.8. The SMILES string of the molecule is CC(C)CN(CC(=O)O)C(=O)N(C)CCCCCO. The molecule has 0 fully saturated rings. The summed E-state index contributed by atoms with van der Waals surface area (Å²) in [6.07, 6.45) is 2.40. The standard InChI is InChI=1S/C13H26N2O4/c1-11(2)9-15(10-12(17)18)13(19)14(3)7-5-4-6-8-16/h11,16H,4-10H2,1-3H3,(H,17,18). The minimum Gasteiger partial charge on any atom is -0.480 e. The Morgan fingerprint density at radius 3 is 2.26 bits per heavy atom. The zero-order valence-corrected chi connectivity index (χ0v) is 12.1. The zero-order valence-electron chi connectivity index (χ0n) is 12.1. The summed E-state index contributed by atoms with van der Waals surface area (Å²) in [7, 11) is 1.68. The van der Waals surface area contributed by atoms with Crippen LogP contribution in [0.15, 0.2) is 0 Å². The second-order valence-corrected chi connectivity index (χ2v) is 5.16. The molecule has 0 saturated carbocycles. The minimum atomic E-state index is -0.998. The van der Waals surface area contributed by atoms with Crippen LogP contribution in [0, 0.1) is 5.92 Å². The van der Waals surface area contributed by atoms with Gasteiger partial charge in [0.2, 0.25) is 0 Å². The van der Waals surface area contributed by atoms with Gasteiger partial charge in [-0.1, -0.05) is 13.8 Å². The number of aliphatic carboxylic acids is 1. The molecule has 112 valence electrons. The molecule has 0 aromatic rings. The maximum atomic E-state index is 12.1. The van der Waals surface area contributed by atoms with Crippen molar-refractivity contribution in [1.82, 2.24) is 9.80 Å². The number of carboxylic acids is 1. The number of hydrogen-bond donors (Lipinski definition) is 2. The van der Waals surface area contributed by atoms with Gasteiger partial charge in [-0.25, -0.2) is 4.79 Å². The van der Waals surface area contributed by atoms with E-state index in [0.29, 0.717) is 13.1 Å². The monoisotopic (exact) mass is 274 g/mol. The van der Waals surface area contributed by atoms with Crippen LogP contribution >= 0.6 is 0 Å². The van der Waals surface area contributed by atoms with Crippen molar-refractivity contribution >= 4 is 12.0 Å². The van der Waals surface area contributed by atoms with E-state index in [0.717, 1.165) is 19.3 Å². The van der Waals surface area contributed by atoms with Gasteiger partial charge in [-0.05, 0) is 25.2 Å². The van der Waals surface area contributed by atoms with Gasteiger partial charge in [-0.2, -0.15) is 0 Å². The van der Waals surface area contributed by atoms with Crippen molar-refractivity contribution in [3.05, 3.63) is 0 Å². The lowest BCUT2D eigenvalue weighted by Crippen LogP contribution is -2.45. The molecule has 0 unspecified atom stereocenters. The predicted molar refractivity (Wildman–Crippen MR) is 73.0 cm³/mol. The van der Waals surface area contributed by atoms with Gasteiger partial charge in [0.1, 0.15) is 6.54 Å². The van der Waals surface area contributed by atoms with E-state index in [1.165, 1.54) is 4.90 Å². The number of aliphatic hydroxyl groups is 1. The number of carboxylic acid groups (broad SMARTS) is 1. The molecule has 19 heavy (non-hydrogen) atoms. The van der Waals surface area contributed by atoms with Gasteiger partial charge in [0.25, 0.3) is 0 Å². The molecule has 6 heteroatoms. The average Bonchev–Trinajstić information content (AvgIpc) is 2.31. The molecule has 0 radical (unpaired) electrons.